The minimum absolute atomic E-state index is 0.217. The highest BCUT2D eigenvalue weighted by Gasteiger charge is 2.10. The normalized spacial score (nSPS) is 10.7. The summed E-state index contributed by atoms with van der Waals surface area (Å²) in [5.41, 5.74) is 1.90. The van der Waals surface area contributed by atoms with Gasteiger partial charge >= 0.3 is 0 Å². The molecule has 0 fully saturated rings. The van der Waals surface area contributed by atoms with Crippen molar-refractivity contribution in [3.05, 3.63) is 58.4 Å². The summed E-state index contributed by atoms with van der Waals surface area (Å²) in [4.78, 5) is 0. The molecule has 0 saturated heterocycles. The zero-order chi connectivity index (χ0) is 15.2. The second-order valence-corrected chi connectivity index (χ2v) is 5.40. The maximum atomic E-state index is 13.8. The van der Waals surface area contributed by atoms with Crippen molar-refractivity contribution in [2.75, 3.05) is 6.54 Å². The van der Waals surface area contributed by atoms with Crippen LogP contribution in [0.4, 0.5) is 4.39 Å². The van der Waals surface area contributed by atoms with E-state index in [-0.39, 0.29) is 11.6 Å². The standard InChI is InChI=1S/C17H19ClFNO/c1-3-8-20-11-13-5-6-14(18)10-16(13)21-17-9-12(2)4-7-15(17)19/h4-7,9-10,20H,3,8,11H2,1-2H3. The topological polar surface area (TPSA) is 21.3 Å². The van der Waals surface area contributed by atoms with Crippen LogP contribution in [0.1, 0.15) is 24.5 Å². The largest absolute Gasteiger partial charge is 0.454 e. The maximum Gasteiger partial charge on any atom is 0.165 e. The second kappa shape index (κ2) is 7.43. The fourth-order valence-electron chi connectivity index (χ4n) is 1.98. The highest BCUT2D eigenvalue weighted by atomic mass is 35.5. The van der Waals surface area contributed by atoms with Crippen LogP contribution in [0.15, 0.2) is 36.4 Å². The molecule has 112 valence electrons. The summed E-state index contributed by atoms with van der Waals surface area (Å²) in [6.45, 7) is 5.58. The van der Waals surface area contributed by atoms with Crippen molar-refractivity contribution in [3.8, 4) is 11.5 Å². The first-order chi connectivity index (χ1) is 10.1. The molecule has 0 aliphatic heterocycles. The molecule has 1 N–H and O–H groups in total. The Morgan fingerprint density at radius 3 is 2.71 bits per heavy atom. The van der Waals surface area contributed by atoms with E-state index in [9.17, 15) is 4.39 Å². The van der Waals surface area contributed by atoms with Crippen LogP contribution < -0.4 is 10.1 Å². The molecule has 0 heterocycles. The summed E-state index contributed by atoms with van der Waals surface area (Å²) in [6.07, 6.45) is 1.05. The number of nitrogens with one attached hydrogen (secondary N) is 1. The van der Waals surface area contributed by atoms with Crippen molar-refractivity contribution < 1.29 is 9.13 Å². The van der Waals surface area contributed by atoms with Gasteiger partial charge in [0.2, 0.25) is 0 Å². The van der Waals surface area contributed by atoms with Crippen LogP contribution in [0.5, 0.6) is 11.5 Å². The van der Waals surface area contributed by atoms with Crippen molar-refractivity contribution in [1.82, 2.24) is 5.32 Å². The van der Waals surface area contributed by atoms with Crippen molar-refractivity contribution in [2.45, 2.75) is 26.8 Å². The fourth-order valence-corrected chi connectivity index (χ4v) is 2.14. The Morgan fingerprint density at radius 1 is 1.14 bits per heavy atom. The molecule has 0 saturated carbocycles. The van der Waals surface area contributed by atoms with Gasteiger partial charge in [-0.05, 0) is 49.7 Å². The van der Waals surface area contributed by atoms with E-state index in [1.54, 1.807) is 18.2 Å². The number of rotatable bonds is 6. The van der Waals surface area contributed by atoms with Crippen molar-refractivity contribution >= 4 is 11.6 Å². The van der Waals surface area contributed by atoms with E-state index in [4.69, 9.17) is 16.3 Å². The van der Waals surface area contributed by atoms with E-state index in [0.717, 1.165) is 24.1 Å². The SMILES string of the molecule is CCCNCc1ccc(Cl)cc1Oc1cc(C)ccc1F. The molecule has 2 aromatic rings. The van der Waals surface area contributed by atoms with Crippen molar-refractivity contribution in [1.29, 1.82) is 0 Å². The molecule has 0 aliphatic rings. The predicted molar refractivity (Wildman–Crippen MR) is 84.7 cm³/mol. The number of ether oxygens (including phenoxy) is 1. The van der Waals surface area contributed by atoms with E-state index in [1.165, 1.54) is 6.07 Å². The fraction of sp³-hybridized carbons (Fsp3) is 0.294. The average molecular weight is 308 g/mol. The molecule has 0 aliphatic carbocycles. The zero-order valence-electron chi connectivity index (χ0n) is 12.2. The summed E-state index contributed by atoms with van der Waals surface area (Å²) in [6, 6.07) is 10.2. The number of hydrogen-bond donors (Lipinski definition) is 1. The molecule has 2 rings (SSSR count). The number of halogens is 2. The third-order valence-corrected chi connectivity index (χ3v) is 3.31. The van der Waals surface area contributed by atoms with E-state index in [1.807, 2.05) is 19.1 Å². The lowest BCUT2D eigenvalue weighted by atomic mass is 10.2. The predicted octanol–water partition coefficient (Wildman–Crippen LogP) is 5.08. The van der Waals surface area contributed by atoms with Gasteiger partial charge in [0.1, 0.15) is 5.75 Å². The smallest absolute Gasteiger partial charge is 0.165 e. The van der Waals surface area contributed by atoms with Gasteiger partial charge in [0, 0.05) is 17.1 Å². The Kier molecular flexibility index (Phi) is 5.59. The van der Waals surface area contributed by atoms with E-state index >= 15 is 0 Å². The first-order valence-electron chi connectivity index (χ1n) is 7.03. The Bertz CT molecular complexity index is 616. The van der Waals surface area contributed by atoms with Gasteiger partial charge in [0.15, 0.2) is 11.6 Å². The Morgan fingerprint density at radius 2 is 1.95 bits per heavy atom. The van der Waals surface area contributed by atoms with Gasteiger partial charge in [-0.25, -0.2) is 4.39 Å². The summed E-state index contributed by atoms with van der Waals surface area (Å²) in [7, 11) is 0. The van der Waals surface area contributed by atoms with Gasteiger partial charge < -0.3 is 10.1 Å². The molecule has 21 heavy (non-hydrogen) atoms. The van der Waals surface area contributed by atoms with E-state index in [2.05, 4.69) is 12.2 Å². The highest BCUT2D eigenvalue weighted by molar-refractivity contribution is 6.30. The van der Waals surface area contributed by atoms with E-state index < -0.39 is 0 Å². The molecule has 0 amide bonds. The molecule has 2 aromatic carbocycles. The van der Waals surface area contributed by atoms with Crippen molar-refractivity contribution in [2.24, 2.45) is 0 Å². The number of hydrogen-bond acceptors (Lipinski definition) is 2. The van der Waals surface area contributed by atoms with Crippen LogP contribution in [0.25, 0.3) is 0 Å². The minimum atomic E-state index is -0.381. The first-order valence-corrected chi connectivity index (χ1v) is 7.41. The van der Waals surface area contributed by atoms with Crippen LogP contribution in [0.3, 0.4) is 0 Å². The van der Waals surface area contributed by atoms with Gasteiger partial charge in [0.25, 0.3) is 0 Å². The Labute approximate surface area is 129 Å². The minimum Gasteiger partial charge on any atom is -0.454 e. The summed E-state index contributed by atoms with van der Waals surface area (Å²) >= 11 is 6.02. The lowest BCUT2D eigenvalue weighted by Crippen LogP contribution is -2.14. The average Bonchev–Trinajstić information content (AvgIpc) is 2.45. The molecule has 0 spiro atoms. The lowest BCUT2D eigenvalue weighted by Gasteiger charge is -2.13. The van der Waals surface area contributed by atoms with Crippen LogP contribution in [0, 0.1) is 12.7 Å². The van der Waals surface area contributed by atoms with Gasteiger partial charge in [-0.15, -0.1) is 0 Å². The third kappa shape index (κ3) is 4.45. The zero-order valence-corrected chi connectivity index (χ0v) is 13.0. The second-order valence-electron chi connectivity index (χ2n) is 4.96. The molecule has 2 nitrogen and oxygen atoms in total. The molecule has 0 radical (unpaired) electrons. The molecule has 0 unspecified atom stereocenters. The van der Waals surface area contributed by atoms with Gasteiger partial charge in [-0.2, -0.15) is 0 Å². The van der Waals surface area contributed by atoms with Gasteiger partial charge in [-0.3, -0.25) is 0 Å². The van der Waals surface area contributed by atoms with Crippen molar-refractivity contribution in [3.63, 3.8) is 0 Å². The monoisotopic (exact) mass is 307 g/mol. The maximum absolute atomic E-state index is 13.8. The van der Waals surface area contributed by atoms with Gasteiger partial charge in [-0.1, -0.05) is 30.7 Å². The Balaban J connectivity index is 2.25. The molecule has 0 atom stereocenters. The quantitative estimate of drug-likeness (QED) is 0.751. The van der Waals surface area contributed by atoms with Crippen LogP contribution in [0.2, 0.25) is 5.02 Å². The Hall–Kier alpha value is -1.58. The number of benzene rings is 2. The molecular formula is C17H19ClFNO. The van der Waals surface area contributed by atoms with Crippen LogP contribution >= 0.6 is 11.6 Å². The molecular weight excluding hydrogens is 289 g/mol. The summed E-state index contributed by atoms with van der Waals surface area (Å²) in [5, 5.41) is 3.87. The molecule has 0 bridgehead atoms. The first kappa shape index (κ1) is 15.8. The van der Waals surface area contributed by atoms with E-state index in [0.29, 0.717) is 17.3 Å². The molecule has 4 heteroatoms. The third-order valence-electron chi connectivity index (χ3n) is 3.08. The summed E-state index contributed by atoms with van der Waals surface area (Å²) in [5.74, 6) is 0.414. The highest BCUT2D eigenvalue weighted by Crippen LogP contribution is 2.30. The number of aryl methyl sites for hydroxylation is 1. The lowest BCUT2D eigenvalue weighted by molar-refractivity contribution is 0.435. The van der Waals surface area contributed by atoms with Gasteiger partial charge in [0.05, 0.1) is 0 Å². The summed E-state index contributed by atoms with van der Waals surface area (Å²) < 4.78 is 19.6. The molecule has 0 aromatic heterocycles. The van der Waals surface area contributed by atoms with Crippen LogP contribution in [-0.4, -0.2) is 6.54 Å². The van der Waals surface area contributed by atoms with Crippen LogP contribution in [-0.2, 0) is 6.54 Å².